The molecule has 0 saturated heterocycles. The van der Waals surface area contributed by atoms with Crippen molar-refractivity contribution in [2.24, 2.45) is 7.05 Å². The van der Waals surface area contributed by atoms with Crippen LogP contribution in [0.25, 0.3) is 21.9 Å². The quantitative estimate of drug-likeness (QED) is 0.727. The number of fused-ring (bicyclic) bond motifs is 2. The number of hydrogen-bond donors (Lipinski definition) is 1. The van der Waals surface area contributed by atoms with E-state index in [1.807, 2.05) is 24.3 Å². The topological polar surface area (TPSA) is 69.6 Å². The standard InChI is InChI=1S/C21H18N2O4/c1-3-19(24)22-13-10-16(20-18(11-13)26-8-9-27-20)17-12-23(2)21(25)15-7-5-4-6-14(15)17/h3-7,10-12H,1,8-9H2,2H3,(H,22,24). The van der Waals surface area contributed by atoms with Gasteiger partial charge in [0.05, 0.1) is 0 Å². The van der Waals surface area contributed by atoms with Crippen LogP contribution in [0.3, 0.4) is 0 Å². The minimum Gasteiger partial charge on any atom is -0.486 e. The van der Waals surface area contributed by atoms with Crippen LogP contribution in [0.15, 0.2) is 60.0 Å². The molecule has 136 valence electrons. The fourth-order valence-corrected chi connectivity index (χ4v) is 3.25. The second-order valence-electron chi connectivity index (χ2n) is 6.25. The zero-order valence-electron chi connectivity index (χ0n) is 14.8. The lowest BCUT2D eigenvalue weighted by Crippen LogP contribution is -2.18. The lowest BCUT2D eigenvalue weighted by molar-refractivity contribution is -0.111. The van der Waals surface area contributed by atoms with E-state index in [1.165, 1.54) is 6.08 Å². The highest BCUT2D eigenvalue weighted by atomic mass is 16.6. The molecule has 6 nitrogen and oxygen atoms in total. The summed E-state index contributed by atoms with van der Waals surface area (Å²) in [5, 5.41) is 4.19. The van der Waals surface area contributed by atoms with Crippen molar-refractivity contribution in [1.29, 1.82) is 0 Å². The van der Waals surface area contributed by atoms with Crippen LogP contribution in [0.4, 0.5) is 5.69 Å². The molecule has 2 heterocycles. The number of carbonyl (C=O) groups is 1. The highest BCUT2D eigenvalue weighted by Crippen LogP contribution is 2.44. The Hall–Kier alpha value is -3.54. The Morgan fingerprint density at radius 1 is 1.15 bits per heavy atom. The molecular formula is C21H18N2O4. The van der Waals surface area contributed by atoms with Gasteiger partial charge in [0.2, 0.25) is 5.91 Å². The number of ether oxygens (including phenoxy) is 2. The van der Waals surface area contributed by atoms with Crippen molar-refractivity contribution in [2.75, 3.05) is 18.5 Å². The number of aryl methyl sites for hydroxylation is 1. The van der Waals surface area contributed by atoms with Crippen LogP contribution in [-0.2, 0) is 11.8 Å². The molecule has 1 N–H and O–H groups in total. The Labute approximate surface area is 155 Å². The highest BCUT2D eigenvalue weighted by Gasteiger charge is 2.21. The number of hydrogen-bond acceptors (Lipinski definition) is 4. The summed E-state index contributed by atoms with van der Waals surface area (Å²) in [6, 6.07) is 11.0. The summed E-state index contributed by atoms with van der Waals surface area (Å²) in [6.45, 7) is 4.34. The van der Waals surface area contributed by atoms with E-state index in [0.29, 0.717) is 35.8 Å². The monoisotopic (exact) mass is 362 g/mol. The number of nitrogens with zero attached hydrogens (tertiary/aromatic N) is 1. The lowest BCUT2D eigenvalue weighted by atomic mass is 9.98. The highest BCUT2D eigenvalue weighted by molar-refractivity contribution is 6.02. The SMILES string of the molecule is C=CC(=O)Nc1cc2c(c(-c3cn(C)c(=O)c4ccccc34)c1)OCCO2. The van der Waals surface area contributed by atoms with Gasteiger partial charge in [0.15, 0.2) is 11.5 Å². The molecular weight excluding hydrogens is 344 g/mol. The Bertz CT molecular complexity index is 1130. The Morgan fingerprint density at radius 2 is 1.89 bits per heavy atom. The maximum Gasteiger partial charge on any atom is 0.258 e. The van der Waals surface area contributed by atoms with Gasteiger partial charge < -0.3 is 19.4 Å². The average molecular weight is 362 g/mol. The molecule has 0 bridgehead atoms. The van der Waals surface area contributed by atoms with Gasteiger partial charge >= 0.3 is 0 Å². The second-order valence-corrected chi connectivity index (χ2v) is 6.25. The maximum absolute atomic E-state index is 12.5. The van der Waals surface area contributed by atoms with E-state index in [4.69, 9.17) is 9.47 Å². The summed E-state index contributed by atoms with van der Waals surface area (Å²) < 4.78 is 13.2. The lowest BCUT2D eigenvalue weighted by Gasteiger charge is -2.23. The molecule has 3 aromatic rings. The van der Waals surface area contributed by atoms with Crippen molar-refractivity contribution < 1.29 is 14.3 Å². The van der Waals surface area contributed by atoms with Crippen molar-refractivity contribution in [2.45, 2.75) is 0 Å². The summed E-state index contributed by atoms with van der Waals surface area (Å²) in [6.07, 6.45) is 2.98. The van der Waals surface area contributed by atoms with Crippen molar-refractivity contribution >= 4 is 22.4 Å². The van der Waals surface area contributed by atoms with Crippen LogP contribution in [0.1, 0.15) is 0 Å². The van der Waals surface area contributed by atoms with E-state index in [0.717, 1.165) is 16.5 Å². The molecule has 0 atom stereocenters. The zero-order valence-corrected chi connectivity index (χ0v) is 14.8. The van der Waals surface area contributed by atoms with E-state index < -0.39 is 0 Å². The zero-order chi connectivity index (χ0) is 19.0. The van der Waals surface area contributed by atoms with Crippen LogP contribution >= 0.6 is 0 Å². The fraction of sp³-hybridized carbons (Fsp3) is 0.143. The summed E-state index contributed by atoms with van der Waals surface area (Å²) in [5.41, 5.74) is 2.07. The molecule has 6 heteroatoms. The number of benzene rings is 2. The van der Waals surface area contributed by atoms with Gasteiger partial charge in [-0.25, -0.2) is 0 Å². The number of anilines is 1. The number of nitrogens with one attached hydrogen (secondary N) is 1. The van der Waals surface area contributed by atoms with Gasteiger partial charge in [-0.05, 0) is 23.6 Å². The number of carbonyl (C=O) groups excluding carboxylic acids is 1. The first-order valence-electron chi connectivity index (χ1n) is 8.54. The van der Waals surface area contributed by atoms with Crippen LogP contribution < -0.4 is 20.3 Å². The smallest absolute Gasteiger partial charge is 0.258 e. The van der Waals surface area contributed by atoms with Gasteiger partial charge in [0, 0.05) is 41.5 Å². The van der Waals surface area contributed by atoms with Crippen molar-refractivity contribution in [3.63, 3.8) is 0 Å². The summed E-state index contributed by atoms with van der Waals surface area (Å²) in [5.74, 6) is 0.834. The largest absolute Gasteiger partial charge is 0.486 e. The third-order valence-corrected chi connectivity index (χ3v) is 4.48. The fourth-order valence-electron chi connectivity index (χ4n) is 3.25. The van der Waals surface area contributed by atoms with Gasteiger partial charge in [0.25, 0.3) is 5.56 Å². The van der Waals surface area contributed by atoms with Crippen LogP contribution in [-0.4, -0.2) is 23.7 Å². The molecule has 0 spiro atoms. The minimum atomic E-state index is -0.317. The van der Waals surface area contributed by atoms with Gasteiger partial charge in [0.1, 0.15) is 13.2 Å². The molecule has 0 saturated carbocycles. The minimum absolute atomic E-state index is 0.0727. The molecule has 0 radical (unpaired) electrons. The average Bonchev–Trinajstić information content (AvgIpc) is 2.70. The molecule has 0 unspecified atom stereocenters. The van der Waals surface area contributed by atoms with Crippen molar-refractivity contribution in [3.05, 3.63) is 65.6 Å². The van der Waals surface area contributed by atoms with E-state index >= 15 is 0 Å². The summed E-state index contributed by atoms with van der Waals surface area (Å²) in [4.78, 5) is 24.3. The Balaban J connectivity index is 2.01. The van der Waals surface area contributed by atoms with Gasteiger partial charge in [-0.1, -0.05) is 24.8 Å². The first-order valence-corrected chi connectivity index (χ1v) is 8.54. The molecule has 1 aliphatic heterocycles. The number of aromatic nitrogens is 1. The third-order valence-electron chi connectivity index (χ3n) is 4.48. The molecule has 0 aliphatic carbocycles. The molecule has 1 amide bonds. The van der Waals surface area contributed by atoms with E-state index in [9.17, 15) is 9.59 Å². The first-order chi connectivity index (χ1) is 13.1. The second kappa shape index (κ2) is 6.64. The van der Waals surface area contributed by atoms with E-state index in [1.54, 1.807) is 29.9 Å². The van der Waals surface area contributed by atoms with Gasteiger partial charge in [-0.2, -0.15) is 0 Å². The molecule has 27 heavy (non-hydrogen) atoms. The van der Waals surface area contributed by atoms with Crippen molar-refractivity contribution in [3.8, 4) is 22.6 Å². The summed E-state index contributed by atoms with van der Waals surface area (Å²) >= 11 is 0. The van der Waals surface area contributed by atoms with Crippen LogP contribution in [0, 0.1) is 0 Å². The molecule has 1 aromatic heterocycles. The normalized spacial score (nSPS) is 12.6. The number of amides is 1. The maximum atomic E-state index is 12.5. The molecule has 2 aromatic carbocycles. The summed E-state index contributed by atoms with van der Waals surface area (Å²) in [7, 11) is 1.71. The van der Waals surface area contributed by atoms with Crippen molar-refractivity contribution in [1.82, 2.24) is 4.57 Å². The van der Waals surface area contributed by atoms with Crippen LogP contribution in [0.5, 0.6) is 11.5 Å². The Kier molecular flexibility index (Phi) is 4.16. The van der Waals surface area contributed by atoms with E-state index in [-0.39, 0.29) is 11.5 Å². The Morgan fingerprint density at radius 3 is 2.67 bits per heavy atom. The molecule has 1 aliphatic rings. The van der Waals surface area contributed by atoms with Gasteiger partial charge in [-0.15, -0.1) is 0 Å². The number of pyridine rings is 1. The van der Waals surface area contributed by atoms with E-state index in [2.05, 4.69) is 11.9 Å². The predicted octanol–water partition coefficient (Wildman–Crippen LogP) is 3.10. The third kappa shape index (κ3) is 2.95. The van der Waals surface area contributed by atoms with Crippen LogP contribution in [0.2, 0.25) is 0 Å². The first kappa shape index (κ1) is 16.9. The predicted molar refractivity (Wildman–Crippen MR) is 104 cm³/mol. The molecule has 4 rings (SSSR count). The number of rotatable bonds is 3. The van der Waals surface area contributed by atoms with Gasteiger partial charge in [-0.3, -0.25) is 9.59 Å². The molecule has 0 fully saturated rings.